The van der Waals surface area contributed by atoms with Crippen LogP contribution in [0.15, 0.2) is 22.7 Å². The molecule has 134 valence electrons. The predicted molar refractivity (Wildman–Crippen MR) is 96.5 cm³/mol. The van der Waals surface area contributed by atoms with E-state index in [1.807, 2.05) is 6.92 Å². The number of ether oxygens (including phenoxy) is 2. The Balaban J connectivity index is 2.49. The summed E-state index contributed by atoms with van der Waals surface area (Å²) in [5.41, 5.74) is -0.0105. The number of alkyl carbamates (subject to hydrolysis) is 1. The molecule has 0 fully saturated rings. The first kappa shape index (κ1) is 20.3. The van der Waals surface area contributed by atoms with Crippen molar-refractivity contribution in [1.29, 1.82) is 0 Å². The van der Waals surface area contributed by atoms with Gasteiger partial charge in [-0.15, -0.1) is 0 Å². The Hall–Kier alpha value is -1.76. The summed E-state index contributed by atoms with van der Waals surface area (Å²) >= 11 is 3.36. The largest absolute Gasteiger partial charge is 0.492 e. The van der Waals surface area contributed by atoms with Crippen LogP contribution in [0.3, 0.4) is 0 Å². The lowest BCUT2D eigenvalue weighted by Crippen LogP contribution is -2.34. The number of benzene rings is 1. The van der Waals surface area contributed by atoms with Crippen molar-refractivity contribution >= 4 is 27.9 Å². The molecule has 0 saturated carbocycles. The topological polar surface area (TPSA) is 76.7 Å². The van der Waals surface area contributed by atoms with Gasteiger partial charge in [0.2, 0.25) is 0 Å². The smallest absolute Gasteiger partial charge is 0.407 e. The van der Waals surface area contributed by atoms with Crippen molar-refractivity contribution in [2.45, 2.75) is 39.7 Å². The van der Waals surface area contributed by atoms with Crippen LogP contribution in [-0.2, 0) is 4.74 Å². The van der Waals surface area contributed by atoms with E-state index in [1.165, 1.54) is 0 Å². The molecule has 0 unspecified atom stereocenters. The lowest BCUT2D eigenvalue weighted by molar-refractivity contribution is 0.0520. The second-order valence-corrected chi connectivity index (χ2v) is 7.12. The van der Waals surface area contributed by atoms with Crippen molar-refractivity contribution in [3.63, 3.8) is 0 Å². The van der Waals surface area contributed by atoms with Gasteiger partial charge in [0, 0.05) is 16.6 Å². The quantitative estimate of drug-likeness (QED) is 0.686. The molecule has 0 aliphatic rings. The number of carbonyl (C=O) groups excluding carboxylic acids is 2. The second-order valence-electron chi connectivity index (χ2n) is 6.21. The maximum atomic E-state index is 12.0. The molecule has 0 radical (unpaired) electrons. The van der Waals surface area contributed by atoms with Crippen LogP contribution in [0, 0.1) is 0 Å². The molecule has 0 saturated heterocycles. The third-order valence-corrected chi connectivity index (χ3v) is 3.17. The Morgan fingerprint density at radius 1 is 1.12 bits per heavy atom. The zero-order valence-corrected chi connectivity index (χ0v) is 16.2. The summed E-state index contributed by atoms with van der Waals surface area (Å²) in [7, 11) is 0. The molecule has 0 atom stereocenters. The fraction of sp³-hybridized carbons (Fsp3) is 0.529. The average molecular weight is 401 g/mol. The van der Waals surface area contributed by atoms with Gasteiger partial charge in [0.1, 0.15) is 18.0 Å². The van der Waals surface area contributed by atoms with E-state index < -0.39 is 11.7 Å². The second kappa shape index (κ2) is 9.52. The molecular weight excluding hydrogens is 376 g/mol. The van der Waals surface area contributed by atoms with Crippen LogP contribution in [-0.4, -0.2) is 37.3 Å². The van der Waals surface area contributed by atoms with Crippen LogP contribution in [0.1, 0.15) is 44.5 Å². The molecule has 1 aromatic carbocycles. The highest BCUT2D eigenvalue weighted by Gasteiger charge is 2.15. The third kappa shape index (κ3) is 8.19. The molecule has 2 amide bonds. The highest BCUT2D eigenvalue weighted by Crippen LogP contribution is 2.21. The minimum absolute atomic E-state index is 0.144. The molecule has 1 aromatic rings. The van der Waals surface area contributed by atoms with Crippen LogP contribution < -0.4 is 15.4 Å². The Bertz CT molecular complexity index is 570. The summed E-state index contributed by atoms with van der Waals surface area (Å²) in [6.45, 7) is 8.60. The summed E-state index contributed by atoms with van der Waals surface area (Å²) in [5.74, 6) is 0.409. The normalized spacial score (nSPS) is 10.9. The van der Waals surface area contributed by atoms with Crippen molar-refractivity contribution in [2.24, 2.45) is 0 Å². The Kier molecular flexibility index (Phi) is 8.04. The van der Waals surface area contributed by atoms with Gasteiger partial charge in [-0.3, -0.25) is 4.79 Å². The molecular formula is C17H25BrN2O4. The summed E-state index contributed by atoms with van der Waals surface area (Å²) in [5, 5.41) is 5.43. The van der Waals surface area contributed by atoms with Gasteiger partial charge in [0.25, 0.3) is 5.91 Å². The summed E-state index contributed by atoms with van der Waals surface area (Å²) < 4.78 is 11.5. The minimum Gasteiger partial charge on any atom is -0.492 e. The molecule has 0 bridgehead atoms. The summed E-state index contributed by atoms with van der Waals surface area (Å²) in [6, 6.07) is 5.17. The van der Waals surface area contributed by atoms with Crippen molar-refractivity contribution in [3.8, 4) is 5.75 Å². The maximum Gasteiger partial charge on any atom is 0.407 e. The number of hydrogen-bond acceptors (Lipinski definition) is 4. The molecule has 6 nitrogen and oxygen atoms in total. The number of nitrogens with one attached hydrogen (secondary N) is 2. The summed E-state index contributed by atoms with van der Waals surface area (Å²) in [4.78, 5) is 23.5. The minimum atomic E-state index is -0.532. The molecule has 2 N–H and O–H groups in total. The van der Waals surface area contributed by atoms with Crippen molar-refractivity contribution in [1.82, 2.24) is 10.6 Å². The van der Waals surface area contributed by atoms with E-state index in [2.05, 4.69) is 26.6 Å². The first-order valence-electron chi connectivity index (χ1n) is 7.89. The van der Waals surface area contributed by atoms with E-state index >= 15 is 0 Å². The maximum absolute atomic E-state index is 12.0. The lowest BCUT2D eigenvalue weighted by atomic mass is 10.2. The van der Waals surface area contributed by atoms with Crippen molar-refractivity contribution < 1.29 is 19.1 Å². The van der Waals surface area contributed by atoms with Crippen LogP contribution in [0.25, 0.3) is 0 Å². The number of halogens is 1. The SMILES string of the molecule is CCCNC(=O)c1cc(Br)cc(OCCNC(=O)OC(C)(C)C)c1. The van der Waals surface area contributed by atoms with Crippen molar-refractivity contribution in [3.05, 3.63) is 28.2 Å². The van der Waals surface area contributed by atoms with Crippen LogP contribution >= 0.6 is 15.9 Å². The number of amides is 2. The third-order valence-electron chi connectivity index (χ3n) is 2.71. The molecule has 0 spiro atoms. The van der Waals surface area contributed by atoms with Crippen LogP contribution in [0.2, 0.25) is 0 Å². The standard InChI is InChI=1S/C17H25BrN2O4/c1-5-6-19-15(21)12-9-13(18)11-14(10-12)23-8-7-20-16(22)24-17(2,3)4/h9-11H,5-8H2,1-4H3,(H,19,21)(H,20,22). The average Bonchev–Trinajstić information content (AvgIpc) is 2.47. The molecule has 1 rings (SSSR count). The summed E-state index contributed by atoms with van der Waals surface area (Å²) in [6.07, 6.45) is 0.388. The first-order chi connectivity index (χ1) is 11.2. The predicted octanol–water partition coefficient (Wildman–Crippen LogP) is 3.49. The molecule has 0 aromatic heterocycles. The molecule has 0 aliphatic heterocycles. The first-order valence-corrected chi connectivity index (χ1v) is 8.69. The van der Waals surface area contributed by atoms with Gasteiger partial charge >= 0.3 is 6.09 Å². The van der Waals surface area contributed by atoms with Crippen LogP contribution in [0.5, 0.6) is 5.75 Å². The van der Waals surface area contributed by atoms with E-state index in [-0.39, 0.29) is 12.5 Å². The fourth-order valence-corrected chi connectivity index (χ4v) is 2.23. The molecule has 0 heterocycles. The zero-order chi connectivity index (χ0) is 18.2. The van der Waals surface area contributed by atoms with Gasteiger partial charge in [-0.05, 0) is 45.4 Å². The van der Waals surface area contributed by atoms with Crippen LogP contribution in [0.4, 0.5) is 4.79 Å². The highest BCUT2D eigenvalue weighted by molar-refractivity contribution is 9.10. The van der Waals surface area contributed by atoms with Gasteiger partial charge in [0.05, 0.1) is 6.54 Å². The van der Waals surface area contributed by atoms with Gasteiger partial charge < -0.3 is 20.1 Å². The zero-order valence-electron chi connectivity index (χ0n) is 14.6. The van der Waals surface area contributed by atoms with E-state index in [0.29, 0.717) is 24.4 Å². The fourth-order valence-electron chi connectivity index (χ4n) is 1.75. The number of hydrogen-bond donors (Lipinski definition) is 2. The van der Waals surface area contributed by atoms with Gasteiger partial charge in [-0.1, -0.05) is 22.9 Å². The van der Waals surface area contributed by atoms with E-state index in [9.17, 15) is 9.59 Å². The van der Waals surface area contributed by atoms with Crippen molar-refractivity contribution in [2.75, 3.05) is 19.7 Å². The van der Waals surface area contributed by atoms with Gasteiger partial charge in [-0.2, -0.15) is 0 Å². The van der Waals surface area contributed by atoms with E-state index in [0.717, 1.165) is 10.9 Å². The van der Waals surface area contributed by atoms with E-state index in [4.69, 9.17) is 9.47 Å². The monoisotopic (exact) mass is 400 g/mol. The van der Waals surface area contributed by atoms with Gasteiger partial charge in [-0.25, -0.2) is 4.79 Å². The molecule has 0 aliphatic carbocycles. The van der Waals surface area contributed by atoms with E-state index in [1.54, 1.807) is 39.0 Å². The molecule has 7 heteroatoms. The Morgan fingerprint density at radius 3 is 2.46 bits per heavy atom. The Labute approximate surface area is 151 Å². The number of carbonyl (C=O) groups is 2. The Morgan fingerprint density at radius 2 is 1.83 bits per heavy atom. The van der Waals surface area contributed by atoms with Gasteiger partial charge in [0.15, 0.2) is 0 Å². The lowest BCUT2D eigenvalue weighted by Gasteiger charge is -2.19. The molecule has 24 heavy (non-hydrogen) atoms. The number of rotatable bonds is 7. The highest BCUT2D eigenvalue weighted by atomic mass is 79.9.